The first kappa shape index (κ1) is 33.2. The van der Waals surface area contributed by atoms with Gasteiger partial charge in [0.25, 0.3) is 0 Å². The highest BCUT2D eigenvalue weighted by atomic mass is 16.6. The Balaban J connectivity index is 2.26. The quantitative estimate of drug-likeness (QED) is 0.149. The van der Waals surface area contributed by atoms with Crippen molar-refractivity contribution >= 4 is 17.8 Å². The topological polar surface area (TPSA) is 102 Å². The Morgan fingerprint density at radius 3 is 1.92 bits per heavy atom. The number of hydrogen-bond donors (Lipinski definition) is 2. The maximum atomic E-state index is 12.5. The number of aromatic hydroxyl groups is 1. The van der Waals surface area contributed by atoms with Crippen LogP contribution in [0.25, 0.3) is 0 Å². The highest BCUT2D eigenvalue weighted by Crippen LogP contribution is 2.40. The highest BCUT2D eigenvalue weighted by Gasteiger charge is 2.26. The van der Waals surface area contributed by atoms with E-state index < -0.39 is 12.1 Å². The molecule has 0 aliphatic carbocycles. The minimum atomic E-state index is -0.528. The van der Waals surface area contributed by atoms with E-state index in [2.05, 4.69) is 65.6 Å². The smallest absolute Gasteiger partial charge is 0.407 e. The summed E-state index contributed by atoms with van der Waals surface area (Å²) in [4.78, 5) is 35.3. The van der Waals surface area contributed by atoms with Crippen LogP contribution in [0.5, 0.6) is 5.75 Å². The van der Waals surface area contributed by atoms with Crippen LogP contribution in [0.2, 0.25) is 0 Å². The van der Waals surface area contributed by atoms with Gasteiger partial charge in [-0.15, -0.1) is 0 Å². The number of nitrogens with one attached hydrogen (secondary N) is 1. The van der Waals surface area contributed by atoms with Gasteiger partial charge < -0.3 is 19.9 Å². The molecule has 0 aromatic heterocycles. The Kier molecular flexibility index (Phi) is 13.6. The fourth-order valence-corrected chi connectivity index (χ4v) is 4.00. The van der Waals surface area contributed by atoms with Gasteiger partial charge >= 0.3 is 12.1 Å². The number of ketones is 1. The predicted octanol–water partition coefficient (Wildman–Crippen LogP) is 6.68. The second kappa shape index (κ2) is 15.6. The van der Waals surface area contributed by atoms with Crippen molar-refractivity contribution in [2.45, 2.75) is 111 Å². The molecular weight excluding hydrogens is 482 g/mol. The molecule has 0 spiro atoms. The molecule has 38 heavy (non-hydrogen) atoms. The molecule has 1 aromatic carbocycles. The van der Waals surface area contributed by atoms with E-state index in [4.69, 9.17) is 9.47 Å². The summed E-state index contributed by atoms with van der Waals surface area (Å²) >= 11 is 0. The van der Waals surface area contributed by atoms with Crippen LogP contribution < -0.4 is 5.32 Å². The Labute approximate surface area is 229 Å². The molecule has 0 saturated heterocycles. The van der Waals surface area contributed by atoms with Crippen molar-refractivity contribution in [3.05, 3.63) is 41.0 Å². The number of amides is 1. The zero-order valence-electron chi connectivity index (χ0n) is 24.6. The lowest BCUT2D eigenvalue weighted by Crippen LogP contribution is -2.26. The number of phenols is 1. The Morgan fingerprint density at radius 1 is 0.842 bits per heavy atom. The van der Waals surface area contributed by atoms with Gasteiger partial charge in [0.1, 0.15) is 24.7 Å². The van der Waals surface area contributed by atoms with Crippen LogP contribution in [-0.2, 0) is 36.3 Å². The summed E-state index contributed by atoms with van der Waals surface area (Å²) in [6.45, 7) is 18.1. The van der Waals surface area contributed by atoms with E-state index in [1.54, 1.807) is 6.92 Å². The third kappa shape index (κ3) is 12.6. The average molecular weight is 532 g/mol. The van der Waals surface area contributed by atoms with Crippen LogP contribution in [0.3, 0.4) is 0 Å². The zero-order chi connectivity index (χ0) is 28.9. The molecular formula is C31H49NO6. The molecule has 0 bridgehead atoms. The molecule has 0 aliphatic rings. The van der Waals surface area contributed by atoms with E-state index in [1.807, 2.05) is 0 Å². The maximum Gasteiger partial charge on any atom is 0.407 e. The van der Waals surface area contributed by atoms with E-state index in [1.165, 1.54) is 0 Å². The molecule has 0 fully saturated rings. The van der Waals surface area contributed by atoms with Crippen molar-refractivity contribution < 1.29 is 29.0 Å². The van der Waals surface area contributed by atoms with Crippen LogP contribution in [0.15, 0.2) is 24.3 Å². The van der Waals surface area contributed by atoms with Gasteiger partial charge in [0.05, 0.1) is 0 Å². The van der Waals surface area contributed by atoms with E-state index >= 15 is 0 Å². The molecule has 1 rings (SSSR count). The summed E-state index contributed by atoms with van der Waals surface area (Å²) in [7, 11) is 0. The lowest BCUT2D eigenvalue weighted by Gasteiger charge is -2.28. The van der Waals surface area contributed by atoms with Gasteiger partial charge in [-0.3, -0.25) is 4.79 Å². The number of Topliss-reactive ketones (excluding diaryl/α,β-unsaturated/α-hetero) is 1. The largest absolute Gasteiger partial charge is 0.507 e. The normalized spacial score (nSPS) is 11.7. The van der Waals surface area contributed by atoms with Gasteiger partial charge in [0.2, 0.25) is 0 Å². The molecule has 1 aromatic rings. The van der Waals surface area contributed by atoms with Crippen molar-refractivity contribution in [2.24, 2.45) is 0 Å². The van der Waals surface area contributed by atoms with Crippen molar-refractivity contribution in [3.8, 4) is 5.75 Å². The van der Waals surface area contributed by atoms with Crippen LogP contribution in [0.1, 0.15) is 110 Å². The fraction of sp³-hybridized carbons (Fsp3) is 0.645. The van der Waals surface area contributed by atoms with Crippen molar-refractivity contribution in [1.82, 2.24) is 5.32 Å². The SMILES string of the molecule is C=C(C)C(=O)OCCOC(=O)NCCCCCCCC(=O)CCc1cc(C(C)(C)C)c(O)c(C(C)(C)C)c1. The first-order valence-corrected chi connectivity index (χ1v) is 13.7. The van der Waals surface area contributed by atoms with E-state index in [-0.39, 0.29) is 29.8 Å². The number of rotatable bonds is 15. The molecule has 2 N–H and O–H groups in total. The van der Waals surface area contributed by atoms with Gasteiger partial charge in [-0.05, 0) is 53.7 Å². The Hall–Kier alpha value is -2.83. The van der Waals surface area contributed by atoms with Gasteiger partial charge in [-0.1, -0.05) is 79.5 Å². The van der Waals surface area contributed by atoms with Crippen molar-refractivity contribution in [2.75, 3.05) is 19.8 Å². The molecule has 0 aliphatic heterocycles. The average Bonchev–Trinajstić information content (AvgIpc) is 2.81. The van der Waals surface area contributed by atoms with Crippen molar-refractivity contribution in [3.63, 3.8) is 0 Å². The molecule has 7 nitrogen and oxygen atoms in total. The third-order valence-corrected chi connectivity index (χ3v) is 6.28. The number of esters is 1. The molecule has 7 heteroatoms. The minimum absolute atomic E-state index is 0.00112. The Bertz CT molecular complexity index is 917. The van der Waals surface area contributed by atoms with E-state index in [0.29, 0.717) is 37.1 Å². The minimum Gasteiger partial charge on any atom is -0.507 e. The van der Waals surface area contributed by atoms with Crippen LogP contribution >= 0.6 is 0 Å². The number of carbonyl (C=O) groups is 3. The third-order valence-electron chi connectivity index (χ3n) is 6.28. The summed E-state index contributed by atoms with van der Waals surface area (Å²) in [5, 5.41) is 13.5. The van der Waals surface area contributed by atoms with Gasteiger partial charge in [-0.25, -0.2) is 9.59 Å². The van der Waals surface area contributed by atoms with Crippen LogP contribution in [0.4, 0.5) is 4.79 Å². The number of hydrogen-bond acceptors (Lipinski definition) is 6. The summed E-state index contributed by atoms with van der Waals surface area (Å²) in [6.07, 6.45) is 5.89. The molecule has 1 amide bonds. The number of benzene rings is 1. The second-order valence-electron chi connectivity index (χ2n) is 12.1. The highest BCUT2D eigenvalue weighted by molar-refractivity contribution is 5.86. The number of alkyl carbamates (subject to hydrolysis) is 1. The summed E-state index contributed by atoms with van der Waals surface area (Å²) < 4.78 is 9.79. The number of carbonyl (C=O) groups excluding carboxylic acids is 3. The van der Waals surface area contributed by atoms with Gasteiger partial charge in [0, 0.05) is 25.0 Å². The molecule has 214 valence electrons. The first-order valence-electron chi connectivity index (χ1n) is 13.7. The lowest BCUT2D eigenvalue weighted by atomic mass is 9.78. The zero-order valence-corrected chi connectivity index (χ0v) is 24.6. The summed E-state index contributed by atoms with van der Waals surface area (Å²) in [5.41, 5.74) is 2.91. The number of ether oxygens (including phenoxy) is 2. The maximum absolute atomic E-state index is 12.5. The monoisotopic (exact) mass is 531 g/mol. The Morgan fingerprint density at radius 2 is 1.37 bits per heavy atom. The second-order valence-corrected chi connectivity index (χ2v) is 12.1. The van der Waals surface area contributed by atoms with Crippen LogP contribution in [0, 0.1) is 0 Å². The molecule has 0 radical (unpaired) electrons. The van der Waals surface area contributed by atoms with E-state index in [9.17, 15) is 19.5 Å². The van der Waals surface area contributed by atoms with Gasteiger partial charge in [-0.2, -0.15) is 0 Å². The van der Waals surface area contributed by atoms with Crippen molar-refractivity contribution in [1.29, 1.82) is 0 Å². The lowest BCUT2D eigenvalue weighted by molar-refractivity contribution is -0.139. The molecule has 0 atom stereocenters. The fourth-order valence-electron chi connectivity index (χ4n) is 4.00. The molecule has 0 heterocycles. The summed E-state index contributed by atoms with van der Waals surface area (Å²) in [6, 6.07) is 4.11. The van der Waals surface area contributed by atoms with Gasteiger partial charge in [0.15, 0.2) is 0 Å². The number of aryl methyl sites for hydroxylation is 1. The number of phenolic OH excluding ortho intramolecular Hbond substituents is 1. The van der Waals surface area contributed by atoms with Crippen LogP contribution in [-0.4, -0.2) is 42.7 Å². The summed E-state index contributed by atoms with van der Waals surface area (Å²) in [5.74, 6) is 0.136. The van der Waals surface area contributed by atoms with E-state index in [0.717, 1.165) is 48.8 Å². The standard InChI is InChI=1S/C31H49NO6/c1-22(2)28(35)37-18-19-38-29(36)32-17-13-11-9-10-12-14-24(33)16-15-23-20-25(30(3,4)5)27(34)26(21-23)31(6,7)8/h20-21,34H,1,9-19H2,2-8H3,(H,32,36). The predicted molar refractivity (Wildman–Crippen MR) is 152 cm³/mol. The number of unbranched alkanes of at least 4 members (excludes halogenated alkanes) is 4. The first-order chi connectivity index (χ1) is 17.6. The molecule has 0 saturated carbocycles. The molecule has 0 unspecified atom stereocenters.